The molecule has 0 fully saturated rings. The van der Waals surface area contributed by atoms with Crippen molar-refractivity contribution in [1.82, 2.24) is 5.32 Å². The molecule has 2 aromatic rings. The summed E-state index contributed by atoms with van der Waals surface area (Å²) in [4.78, 5) is 12.1. The fourth-order valence-electron chi connectivity index (χ4n) is 2.27. The summed E-state index contributed by atoms with van der Waals surface area (Å²) in [6.45, 7) is 3.57. The zero-order chi connectivity index (χ0) is 18.6. The molecule has 0 heterocycles. The fraction of sp³-hybridized carbons (Fsp3) is 0.278. The molecule has 134 valence electrons. The minimum atomic E-state index is -0.919. The van der Waals surface area contributed by atoms with Crippen LogP contribution in [-0.2, 0) is 4.79 Å². The van der Waals surface area contributed by atoms with Crippen LogP contribution >= 0.6 is 11.6 Å². The van der Waals surface area contributed by atoms with Gasteiger partial charge < -0.3 is 15.4 Å². The van der Waals surface area contributed by atoms with E-state index in [9.17, 15) is 13.6 Å². The van der Waals surface area contributed by atoms with E-state index in [-0.39, 0.29) is 18.5 Å². The van der Waals surface area contributed by atoms with E-state index in [1.54, 1.807) is 19.1 Å². The van der Waals surface area contributed by atoms with Crippen molar-refractivity contribution in [3.05, 3.63) is 58.1 Å². The number of hydrogen-bond acceptors (Lipinski definition) is 3. The van der Waals surface area contributed by atoms with Crippen LogP contribution < -0.4 is 15.4 Å². The second-order valence-electron chi connectivity index (χ2n) is 5.63. The van der Waals surface area contributed by atoms with E-state index in [1.165, 1.54) is 13.2 Å². The van der Waals surface area contributed by atoms with Gasteiger partial charge in [-0.2, -0.15) is 0 Å². The number of benzene rings is 2. The number of methoxy groups -OCH3 is 1. The highest BCUT2D eigenvalue weighted by Crippen LogP contribution is 2.30. The monoisotopic (exact) mass is 368 g/mol. The molecule has 0 aliphatic carbocycles. The van der Waals surface area contributed by atoms with Crippen molar-refractivity contribution in [2.24, 2.45) is 0 Å². The number of ether oxygens (including phenoxy) is 1. The molecule has 2 rings (SSSR count). The summed E-state index contributed by atoms with van der Waals surface area (Å²) in [5.41, 5.74) is 1.86. The van der Waals surface area contributed by atoms with Gasteiger partial charge in [-0.15, -0.1) is 0 Å². The lowest BCUT2D eigenvalue weighted by atomic mass is 10.1. The Bertz CT molecular complexity index is 784. The van der Waals surface area contributed by atoms with Gasteiger partial charge in [-0.1, -0.05) is 17.7 Å². The molecule has 0 unspecified atom stereocenters. The van der Waals surface area contributed by atoms with Crippen LogP contribution in [0.2, 0.25) is 5.02 Å². The lowest BCUT2D eigenvalue weighted by Crippen LogP contribution is -2.30. The van der Waals surface area contributed by atoms with Crippen molar-refractivity contribution >= 4 is 23.2 Å². The predicted molar refractivity (Wildman–Crippen MR) is 94.1 cm³/mol. The summed E-state index contributed by atoms with van der Waals surface area (Å²) in [5, 5.41) is 6.24. The van der Waals surface area contributed by atoms with Gasteiger partial charge in [-0.3, -0.25) is 4.79 Å². The van der Waals surface area contributed by atoms with Crippen molar-refractivity contribution in [2.75, 3.05) is 19.0 Å². The van der Waals surface area contributed by atoms with Crippen molar-refractivity contribution in [3.8, 4) is 5.75 Å². The fourth-order valence-corrected chi connectivity index (χ4v) is 2.42. The molecule has 25 heavy (non-hydrogen) atoms. The molecule has 2 aromatic carbocycles. The summed E-state index contributed by atoms with van der Waals surface area (Å²) < 4.78 is 31.4. The molecular formula is C18H19ClF2N2O2. The van der Waals surface area contributed by atoms with E-state index < -0.39 is 11.6 Å². The largest absolute Gasteiger partial charge is 0.495 e. The molecule has 4 nitrogen and oxygen atoms in total. The Morgan fingerprint density at radius 2 is 1.96 bits per heavy atom. The highest BCUT2D eigenvalue weighted by Gasteiger charge is 2.13. The highest BCUT2D eigenvalue weighted by atomic mass is 35.5. The third-order valence-electron chi connectivity index (χ3n) is 3.77. The zero-order valence-corrected chi connectivity index (χ0v) is 14.9. The third-order valence-corrected chi connectivity index (χ3v) is 4.17. The molecule has 1 atom stereocenters. The van der Waals surface area contributed by atoms with Crippen LogP contribution in [0, 0.1) is 18.6 Å². The van der Waals surface area contributed by atoms with Gasteiger partial charge in [0.05, 0.1) is 19.3 Å². The second kappa shape index (κ2) is 8.27. The Morgan fingerprint density at radius 3 is 2.60 bits per heavy atom. The van der Waals surface area contributed by atoms with E-state index in [0.29, 0.717) is 22.0 Å². The van der Waals surface area contributed by atoms with Crippen LogP contribution in [-0.4, -0.2) is 19.6 Å². The van der Waals surface area contributed by atoms with Gasteiger partial charge in [0.1, 0.15) is 5.75 Å². The first-order valence-corrected chi connectivity index (χ1v) is 8.02. The van der Waals surface area contributed by atoms with Crippen LogP contribution in [0.15, 0.2) is 30.3 Å². The first-order valence-electron chi connectivity index (χ1n) is 7.64. The quantitative estimate of drug-likeness (QED) is 0.802. The number of anilines is 1. The van der Waals surface area contributed by atoms with E-state index in [1.807, 2.05) is 6.92 Å². The van der Waals surface area contributed by atoms with Crippen molar-refractivity contribution in [1.29, 1.82) is 0 Å². The van der Waals surface area contributed by atoms with Gasteiger partial charge in [-0.25, -0.2) is 8.78 Å². The van der Waals surface area contributed by atoms with E-state index in [2.05, 4.69) is 10.6 Å². The second-order valence-corrected chi connectivity index (χ2v) is 6.03. The molecule has 0 bridgehead atoms. The number of nitrogens with one attached hydrogen (secondary N) is 2. The first-order chi connectivity index (χ1) is 11.8. The Hall–Kier alpha value is -2.18. The van der Waals surface area contributed by atoms with Crippen LogP contribution in [0.5, 0.6) is 5.75 Å². The maximum atomic E-state index is 13.3. The average Bonchev–Trinajstić information content (AvgIpc) is 2.58. The summed E-state index contributed by atoms with van der Waals surface area (Å²) >= 11 is 6.03. The first kappa shape index (κ1) is 19.1. The number of carbonyl (C=O) groups is 1. The van der Waals surface area contributed by atoms with Gasteiger partial charge >= 0.3 is 0 Å². The van der Waals surface area contributed by atoms with Crippen LogP contribution in [0.3, 0.4) is 0 Å². The standard InChI is InChI=1S/C18H19ClF2N2O2/c1-10-6-16(17(25-3)8-13(10)19)23-18(24)9-22-11(2)12-4-5-14(20)15(21)7-12/h4-8,11,22H,9H2,1-3H3,(H,23,24)/t11-/m1/s1. The van der Waals surface area contributed by atoms with E-state index in [0.717, 1.165) is 17.7 Å². The SMILES string of the molecule is COc1cc(Cl)c(C)cc1NC(=O)CN[C@H](C)c1ccc(F)c(F)c1. The minimum absolute atomic E-state index is 0.00894. The van der Waals surface area contributed by atoms with Gasteiger partial charge in [0, 0.05) is 17.1 Å². The number of hydrogen-bond donors (Lipinski definition) is 2. The number of carbonyl (C=O) groups excluding carboxylic acids is 1. The maximum Gasteiger partial charge on any atom is 0.238 e. The molecule has 2 N–H and O–H groups in total. The van der Waals surface area contributed by atoms with Gasteiger partial charge in [0.2, 0.25) is 5.91 Å². The Balaban J connectivity index is 1.98. The molecule has 0 saturated heterocycles. The Labute approximate surface area is 150 Å². The third kappa shape index (κ3) is 4.90. The molecule has 0 saturated carbocycles. The summed E-state index contributed by atoms with van der Waals surface area (Å²) in [7, 11) is 1.49. The van der Waals surface area contributed by atoms with Gasteiger partial charge in [0.25, 0.3) is 0 Å². The van der Waals surface area contributed by atoms with Crippen molar-refractivity contribution in [2.45, 2.75) is 19.9 Å². The molecule has 0 aliphatic heterocycles. The topological polar surface area (TPSA) is 50.4 Å². The van der Waals surface area contributed by atoms with E-state index >= 15 is 0 Å². The zero-order valence-electron chi connectivity index (χ0n) is 14.1. The average molecular weight is 369 g/mol. The van der Waals surface area contributed by atoms with Gasteiger partial charge in [0.15, 0.2) is 11.6 Å². The lowest BCUT2D eigenvalue weighted by molar-refractivity contribution is -0.115. The maximum absolute atomic E-state index is 13.3. The Morgan fingerprint density at radius 1 is 1.24 bits per heavy atom. The predicted octanol–water partition coefficient (Wildman–Crippen LogP) is 4.22. The molecule has 0 radical (unpaired) electrons. The smallest absolute Gasteiger partial charge is 0.238 e. The summed E-state index contributed by atoms with van der Waals surface area (Å²) in [6.07, 6.45) is 0. The van der Waals surface area contributed by atoms with Crippen molar-refractivity contribution in [3.63, 3.8) is 0 Å². The highest BCUT2D eigenvalue weighted by molar-refractivity contribution is 6.31. The molecule has 0 spiro atoms. The number of aryl methyl sites for hydroxylation is 1. The minimum Gasteiger partial charge on any atom is -0.495 e. The molecule has 0 aromatic heterocycles. The number of halogens is 3. The van der Waals surface area contributed by atoms with Gasteiger partial charge in [-0.05, 0) is 43.2 Å². The summed E-state index contributed by atoms with van der Waals surface area (Å²) in [5.74, 6) is -1.66. The molecule has 1 amide bonds. The summed E-state index contributed by atoms with van der Waals surface area (Å²) in [6, 6.07) is 6.66. The number of amides is 1. The van der Waals surface area contributed by atoms with Crippen LogP contribution in [0.4, 0.5) is 14.5 Å². The normalized spacial score (nSPS) is 11.9. The van der Waals surface area contributed by atoms with Crippen molar-refractivity contribution < 1.29 is 18.3 Å². The molecular weight excluding hydrogens is 350 g/mol. The van der Waals surface area contributed by atoms with E-state index in [4.69, 9.17) is 16.3 Å². The Kier molecular flexibility index (Phi) is 6.33. The molecule has 0 aliphatic rings. The molecule has 7 heteroatoms. The lowest BCUT2D eigenvalue weighted by Gasteiger charge is -2.16. The number of rotatable bonds is 6. The van der Waals surface area contributed by atoms with Crippen LogP contribution in [0.25, 0.3) is 0 Å². The van der Waals surface area contributed by atoms with Crippen LogP contribution in [0.1, 0.15) is 24.1 Å².